The molecule has 5 heteroatoms. The topological polar surface area (TPSA) is 22.0 Å². The van der Waals surface area contributed by atoms with Crippen molar-refractivity contribution >= 4 is 5.78 Å². The molecule has 0 radical (unpaired) electrons. The first kappa shape index (κ1) is 14.4. The van der Waals surface area contributed by atoms with Gasteiger partial charge in [0, 0.05) is 24.5 Å². The standard InChI is InChI=1S/C15H14F3NO/c1-10-4-3-5-11(2)13(10)9-19-7-6-12(8-19)14(20)15(16,17)18/h3-8H,9H2,1-2H3. The van der Waals surface area contributed by atoms with Gasteiger partial charge in [-0.15, -0.1) is 0 Å². The lowest BCUT2D eigenvalue weighted by Crippen LogP contribution is -2.22. The fourth-order valence-corrected chi connectivity index (χ4v) is 2.12. The van der Waals surface area contributed by atoms with Crippen LogP contribution in [0.1, 0.15) is 27.0 Å². The molecule has 0 spiro atoms. The van der Waals surface area contributed by atoms with Crippen LogP contribution in [-0.2, 0) is 6.54 Å². The summed E-state index contributed by atoms with van der Waals surface area (Å²) in [7, 11) is 0. The van der Waals surface area contributed by atoms with E-state index in [9.17, 15) is 18.0 Å². The summed E-state index contributed by atoms with van der Waals surface area (Å²) in [6, 6.07) is 7.03. The highest BCUT2D eigenvalue weighted by atomic mass is 19.4. The van der Waals surface area contributed by atoms with Gasteiger partial charge in [0.1, 0.15) is 0 Å². The van der Waals surface area contributed by atoms with E-state index in [0.29, 0.717) is 6.54 Å². The number of hydrogen-bond acceptors (Lipinski definition) is 1. The van der Waals surface area contributed by atoms with Crippen LogP contribution in [0.2, 0.25) is 0 Å². The zero-order chi connectivity index (χ0) is 14.9. The fourth-order valence-electron chi connectivity index (χ4n) is 2.12. The lowest BCUT2D eigenvalue weighted by molar-refractivity contribution is -0.0885. The summed E-state index contributed by atoms with van der Waals surface area (Å²) in [4.78, 5) is 11.1. The van der Waals surface area contributed by atoms with Crippen LogP contribution >= 0.6 is 0 Å². The molecule has 0 aliphatic heterocycles. The maximum Gasteiger partial charge on any atom is 0.454 e. The van der Waals surface area contributed by atoms with Crippen LogP contribution in [-0.4, -0.2) is 16.5 Å². The van der Waals surface area contributed by atoms with Gasteiger partial charge in [0.25, 0.3) is 5.78 Å². The molecular weight excluding hydrogens is 267 g/mol. The Kier molecular flexibility index (Phi) is 3.70. The van der Waals surface area contributed by atoms with Crippen molar-refractivity contribution in [2.45, 2.75) is 26.6 Å². The Labute approximate surface area is 114 Å². The minimum absolute atomic E-state index is 0.330. The molecule has 0 unspecified atom stereocenters. The Morgan fingerprint density at radius 2 is 1.75 bits per heavy atom. The number of ketones is 1. The molecule has 2 rings (SSSR count). The van der Waals surface area contributed by atoms with Crippen LogP contribution in [0.15, 0.2) is 36.7 Å². The maximum atomic E-state index is 12.3. The van der Waals surface area contributed by atoms with Gasteiger partial charge in [0.05, 0.1) is 0 Å². The summed E-state index contributed by atoms with van der Waals surface area (Å²) < 4.78 is 38.6. The number of nitrogens with zero attached hydrogens (tertiary/aromatic N) is 1. The average Bonchev–Trinajstić information content (AvgIpc) is 2.80. The van der Waals surface area contributed by atoms with Crippen molar-refractivity contribution in [3.8, 4) is 0 Å². The van der Waals surface area contributed by atoms with E-state index < -0.39 is 12.0 Å². The molecule has 0 aliphatic carbocycles. The molecule has 1 aromatic heterocycles. The van der Waals surface area contributed by atoms with Crippen LogP contribution < -0.4 is 0 Å². The molecule has 0 saturated carbocycles. The van der Waals surface area contributed by atoms with Gasteiger partial charge in [-0.05, 0) is 36.6 Å². The smallest absolute Gasteiger partial charge is 0.349 e. The minimum atomic E-state index is -4.83. The largest absolute Gasteiger partial charge is 0.454 e. The van der Waals surface area contributed by atoms with Crippen LogP contribution in [0, 0.1) is 13.8 Å². The Balaban J connectivity index is 2.25. The predicted molar refractivity (Wildman–Crippen MR) is 69.8 cm³/mol. The monoisotopic (exact) mass is 281 g/mol. The number of halogens is 3. The second-order valence-corrected chi connectivity index (χ2v) is 4.77. The number of rotatable bonds is 3. The Hall–Kier alpha value is -2.04. The summed E-state index contributed by atoms with van der Waals surface area (Å²) in [6.07, 6.45) is -2.10. The highest BCUT2D eigenvalue weighted by molar-refractivity contribution is 6.00. The third kappa shape index (κ3) is 2.92. The van der Waals surface area contributed by atoms with Crippen molar-refractivity contribution in [3.63, 3.8) is 0 Å². The molecule has 20 heavy (non-hydrogen) atoms. The van der Waals surface area contributed by atoms with Crippen LogP contribution in [0.4, 0.5) is 13.2 Å². The van der Waals surface area contributed by atoms with Gasteiger partial charge in [0.2, 0.25) is 0 Å². The summed E-state index contributed by atoms with van der Waals surface area (Å²) in [5.41, 5.74) is 2.86. The molecule has 2 nitrogen and oxygen atoms in total. The lowest BCUT2D eigenvalue weighted by Gasteiger charge is -2.10. The predicted octanol–water partition coefficient (Wildman–Crippen LogP) is 3.90. The normalized spacial score (nSPS) is 11.7. The molecular formula is C15H14F3NO. The van der Waals surface area contributed by atoms with Gasteiger partial charge in [-0.2, -0.15) is 13.2 Å². The van der Waals surface area contributed by atoms with E-state index in [2.05, 4.69) is 0 Å². The number of carbonyl (C=O) groups is 1. The molecule has 2 aromatic rings. The van der Waals surface area contributed by atoms with E-state index in [1.165, 1.54) is 18.5 Å². The van der Waals surface area contributed by atoms with E-state index in [4.69, 9.17) is 0 Å². The number of carbonyl (C=O) groups excluding carboxylic acids is 1. The van der Waals surface area contributed by atoms with Crippen molar-refractivity contribution in [2.24, 2.45) is 0 Å². The fraction of sp³-hybridized carbons (Fsp3) is 0.267. The maximum absolute atomic E-state index is 12.3. The third-order valence-electron chi connectivity index (χ3n) is 3.26. The number of alkyl halides is 3. The first-order valence-corrected chi connectivity index (χ1v) is 6.11. The molecule has 0 atom stereocenters. The third-order valence-corrected chi connectivity index (χ3v) is 3.26. The average molecular weight is 281 g/mol. The first-order valence-electron chi connectivity index (χ1n) is 6.11. The van der Waals surface area contributed by atoms with Crippen molar-refractivity contribution in [1.29, 1.82) is 0 Å². The summed E-state index contributed by atoms with van der Waals surface area (Å²) in [5, 5.41) is 0. The van der Waals surface area contributed by atoms with Gasteiger partial charge in [-0.25, -0.2) is 0 Å². The van der Waals surface area contributed by atoms with Gasteiger partial charge in [-0.3, -0.25) is 4.79 Å². The molecule has 106 valence electrons. The van der Waals surface area contributed by atoms with Crippen molar-refractivity contribution in [1.82, 2.24) is 4.57 Å². The molecule has 0 amide bonds. The van der Waals surface area contributed by atoms with Crippen molar-refractivity contribution < 1.29 is 18.0 Å². The molecule has 0 bridgehead atoms. The van der Waals surface area contributed by atoms with Crippen molar-refractivity contribution in [2.75, 3.05) is 0 Å². The molecule has 0 N–H and O–H groups in total. The first-order chi connectivity index (χ1) is 9.29. The summed E-state index contributed by atoms with van der Waals surface area (Å²) in [5.74, 6) is -1.81. The summed E-state index contributed by atoms with van der Waals surface area (Å²) in [6.45, 7) is 4.35. The Bertz CT molecular complexity index is 621. The van der Waals surface area contributed by atoms with E-state index >= 15 is 0 Å². The van der Waals surface area contributed by atoms with E-state index in [1.807, 2.05) is 32.0 Å². The highest BCUT2D eigenvalue weighted by Crippen LogP contribution is 2.22. The Morgan fingerprint density at radius 1 is 1.15 bits per heavy atom. The number of aryl methyl sites for hydroxylation is 2. The van der Waals surface area contributed by atoms with Gasteiger partial charge >= 0.3 is 6.18 Å². The second kappa shape index (κ2) is 5.15. The molecule has 1 heterocycles. The number of hydrogen-bond donors (Lipinski definition) is 0. The number of benzene rings is 1. The van der Waals surface area contributed by atoms with Crippen LogP contribution in [0.5, 0.6) is 0 Å². The van der Waals surface area contributed by atoms with Gasteiger partial charge in [-0.1, -0.05) is 18.2 Å². The highest BCUT2D eigenvalue weighted by Gasteiger charge is 2.39. The molecule has 0 saturated heterocycles. The van der Waals surface area contributed by atoms with Gasteiger partial charge < -0.3 is 4.57 Å². The molecule has 1 aromatic carbocycles. The van der Waals surface area contributed by atoms with Crippen LogP contribution in [0.3, 0.4) is 0 Å². The summed E-state index contributed by atoms with van der Waals surface area (Å²) >= 11 is 0. The number of aromatic nitrogens is 1. The minimum Gasteiger partial charge on any atom is -0.349 e. The van der Waals surface area contributed by atoms with Crippen LogP contribution in [0.25, 0.3) is 0 Å². The van der Waals surface area contributed by atoms with E-state index in [0.717, 1.165) is 16.7 Å². The van der Waals surface area contributed by atoms with E-state index in [1.54, 1.807) is 4.57 Å². The molecule has 0 fully saturated rings. The van der Waals surface area contributed by atoms with E-state index in [-0.39, 0.29) is 5.56 Å². The van der Waals surface area contributed by atoms with Gasteiger partial charge in [0.15, 0.2) is 0 Å². The zero-order valence-corrected chi connectivity index (χ0v) is 11.2. The Morgan fingerprint density at radius 3 is 2.30 bits per heavy atom. The lowest BCUT2D eigenvalue weighted by atomic mass is 10.0. The second-order valence-electron chi connectivity index (χ2n) is 4.77. The SMILES string of the molecule is Cc1cccc(C)c1Cn1ccc(C(=O)C(F)(F)F)c1. The zero-order valence-electron chi connectivity index (χ0n) is 11.2. The number of Topliss-reactive ketones (excluding diaryl/α,β-unsaturated/α-hetero) is 1. The quantitative estimate of drug-likeness (QED) is 0.782. The molecule has 0 aliphatic rings. The van der Waals surface area contributed by atoms with Crippen molar-refractivity contribution in [3.05, 3.63) is 58.9 Å².